The minimum Gasteiger partial charge on any atom is -0.390 e. The van der Waals surface area contributed by atoms with Crippen LogP contribution in [0.2, 0.25) is 0 Å². The maximum absolute atomic E-state index is 12.8. The number of carbonyl (C=O) groups is 1. The molecule has 0 bridgehead atoms. The average Bonchev–Trinajstić information content (AvgIpc) is 2.59. The molecule has 2 N–H and O–H groups in total. The summed E-state index contributed by atoms with van der Waals surface area (Å²) in [6.07, 6.45) is -1.80. The molecule has 0 spiro atoms. The van der Waals surface area contributed by atoms with Gasteiger partial charge in [0.05, 0.1) is 17.5 Å². The first-order valence-electron chi connectivity index (χ1n) is 7.41. The van der Waals surface area contributed by atoms with Gasteiger partial charge in [-0.2, -0.15) is 8.42 Å². The van der Waals surface area contributed by atoms with E-state index in [1.807, 2.05) is 0 Å². The summed E-state index contributed by atoms with van der Waals surface area (Å²) in [5.74, 6) is -2.03. The summed E-state index contributed by atoms with van der Waals surface area (Å²) in [5.41, 5.74) is 0.0473. The fourth-order valence-electron chi connectivity index (χ4n) is 2.22. The lowest BCUT2D eigenvalue weighted by Gasteiger charge is -2.24. The molecule has 1 unspecified atom stereocenters. The minimum atomic E-state index is -4.55. The maximum Gasteiger partial charge on any atom is 0.267 e. The molecular formula is C16H17NO7S2. The lowest BCUT2D eigenvalue weighted by atomic mass is 10.2. The molecule has 140 valence electrons. The Balaban J connectivity index is 2.43. The molecule has 0 aliphatic carbocycles. The summed E-state index contributed by atoms with van der Waals surface area (Å²) in [6.45, 7) is -0.829. The van der Waals surface area contributed by atoms with E-state index < -0.39 is 44.5 Å². The molecule has 26 heavy (non-hydrogen) atoms. The van der Waals surface area contributed by atoms with Crippen molar-refractivity contribution < 1.29 is 31.3 Å². The van der Waals surface area contributed by atoms with Gasteiger partial charge in [0.2, 0.25) is 0 Å². The fourth-order valence-corrected chi connectivity index (χ4v) is 4.26. The minimum absolute atomic E-state index is 0.0473. The molecule has 0 saturated heterocycles. The van der Waals surface area contributed by atoms with Crippen LogP contribution >= 0.6 is 0 Å². The molecule has 8 nitrogen and oxygen atoms in total. The summed E-state index contributed by atoms with van der Waals surface area (Å²) < 4.78 is 56.7. The normalized spacial score (nSPS) is 13.2. The van der Waals surface area contributed by atoms with Crippen LogP contribution in [0.25, 0.3) is 0 Å². The quantitative estimate of drug-likeness (QED) is 0.658. The summed E-state index contributed by atoms with van der Waals surface area (Å²) in [7, 11) is -8.90. The Morgan fingerprint density at radius 1 is 0.923 bits per heavy atom. The van der Waals surface area contributed by atoms with E-state index in [9.17, 15) is 26.7 Å². The van der Waals surface area contributed by atoms with Gasteiger partial charge in [0.15, 0.2) is 0 Å². The van der Waals surface area contributed by atoms with Crippen LogP contribution in [0.3, 0.4) is 0 Å². The molecule has 2 aromatic carbocycles. The molecule has 0 aromatic heterocycles. The summed E-state index contributed by atoms with van der Waals surface area (Å²) in [4.78, 5) is 12.5. The van der Waals surface area contributed by atoms with E-state index in [2.05, 4.69) is 0 Å². The van der Waals surface area contributed by atoms with Crippen LogP contribution < -0.4 is 0 Å². The van der Waals surface area contributed by atoms with Crippen LogP contribution in [0.4, 0.5) is 0 Å². The van der Waals surface area contributed by atoms with E-state index >= 15 is 0 Å². The third-order valence-corrected chi connectivity index (χ3v) is 5.93. The predicted octanol–water partition coefficient (Wildman–Crippen LogP) is 0.766. The van der Waals surface area contributed by atoms with E-state index in [0.717, 1.165) is 0 Å². The van der Waals surface area contributed by atoms with Gasteiger partial charge < -0.3 is 5.11 Å². The van der Waals surface area contributed by atoms with Gasteiger partial charge in [0.25, 0.3) is 26.0 Å². The number of hydrogen-bond donors (Lipinski definition) is 2. The molecule has 10 heteroatoms. The van der Waals surface area contributed by atoms with E-state index in [1.54, 1.807) is 12.1 Å². The number of sulfonamides is 1. The second kappa shape index (κ2) is 7.96. The topological polar surface area (TPSA) is 129 Å². The van der Waals surface area contributed by atoms with Crippen molar-refractivity contribution in [3.05, 3.63) is 66.2 Å². The lowest BCUT2D eigenvalue weighted by Crippen LogP contribution is -2.43. The van der Waals surface area contributed by atoms with Crippen molar-refractivity contribution in [3.8, 4) is 0 Å². The number of aliphatic hydroxyl groups is 1. The van der Waals surface area contributed by atoms with E-state index in [0.29, 0.717) is 4.31 Å². The zero-order valence-electron chi connectivity index (χ0n) is 13.5. The molecular weight excluding hydrogens is 382 g/mol. The predicted molar refractivity (Wildman–Crippen MR) is 93.5 cm³/mol. The summed E-state index contributed by atoms with van der Waals surface area (Å²) >= 11 is 0. The monoisotopic (exact) mass is 399 g/mol. The Kier molecular flexibility index (Phi) is 6.13. The Labute approximate surface area is 151 Å². The number of nitrogens with zero attached hydrogens (tertiary/aromatic N) is 1. The smallest absolute Gasteiger partial charge is 0.267 e. The Hall–Kier alpha value is -2.27. The number of rotatable bonds is 7. The van der Waals surface area contributed by atoms with Gasteiger partial charge >= 0.3 is 0 Å². The first-order valence-corrected chi connectivity index (χ1v) is 10.5. The molecule has 0 saturated carbocycles. The van der Waals surface area contributed by atoms with Crippen molar-refractivity contribution >= 4 is 26.0 Å². The largest absolute Gasteiger partial charge is 0.390 e. The van der Waals surface area contributed by atoms with Crippen LogP contribution in [0.1, 0.15) is 10.4 Å². The molecule has 1 amide bonds. The molecule has 2 aromatic rings. The zero-order valence-corrected chi connectivity index (χ0v) is 15.1. The summed E-state index contributed by atoms with van der Waals surface area (Å²) in [5, 5.41) is 9.86. The van der Waals surface area contributed by atoms with Crippen LogP contribution in [0.15, 0.2) is 65.6 Å². The third-order valence-electron chi connectivity index (χ3n) is 3.36. The second-order valence-corrected chi connectivity index (χ2v) is 8.78. The molecule has 1 atom stereocenters. The van der Waals surface area contributed by atoms with Crippen LogP contribution in [0.5, 0.6) is 0 Å². The highest BCUT2D eigenvalue weighted by Gasteiger charge is 2.32. The van der Waals surface area contributed by atoms with Gasteiger partial charge in [-0.3, -0.25) is 9.35 Å². The summed E-state index contributed by atoms with van der Waals surface area (Å²) in [6, 6.07) is 14.6. The van der Waals surface area contributed by atoms with Crippen LogP contribution in [-0.4, -0.2) is 55.1 Å². The average molecular weight is 399 g/mol. The van der Waals surface area contributed by atoms with Gasteiger partial charge in [-0.25, -0.2) is 12.7 Å². The number of hydrogen-bond acceptors (Lipinski definition) is 6. The van der Waals surface area contributed by atoms with Crippen molar-refractivity contribution in [2.24, 2.45) is 0 Å². The van der Waals surface area contributed by atoms with Crippen molar-refractivity contribution in [2.75, 3.05) is 12.3 Å². The Bertz CT molecular complexity index is 958. The number of benzene rings is 2. The molecule has 0 aliphatic heterocycles. The van der Waals surface area contributed by atoms with Crippen LogP contribution in [0, 0.1) is 0 Å². The molecule has 0 aliphatic rings. The zero-order chi connectivity index (χ0) is 19.4. The number of amides is 1. The second-order valence-electron chi connectivity index (χ2n) is 5.42. The number of carbonyl (C=O) groups excluding carboxylic acids is 1. The standard InChI is InChI=1S/C16H17NO7S2/c18-14(12-25(20,21)22)11-17(16(19)13-7-3-1-4-8-13)26(23,24)15-9-5-2-6-10-15/h1-10,14,18H,11-12H2,(H,20,21,22). The van der Waals surface area contributed by atoms with Gasteiger partial charge in [0, 0.05) is 5.56 Å². The van der Waals surface area contributed by atoms with Gasteiger partial charge in [-0.05, 0) is 24.3 Å². The Morgan fingerprint density at radius 2 is 1.42 bits per heavy atom. The van der Waals surface area contributed by atoms with E-state index in [4.69, 9.17) is 4.55 Å². The van der Waals surface area contributed by atoms with Crippen molar-refractivity contribution in [1.29, 1.82) is 0 Å². The van der Waals surface area contributed by atoms with Gasteiger partial charge in [0.1, 0.15) is 5.75 Å². The highest BCUT2D eigenvalue weighted by molar-refractivity contribution is 7.89. The molecule has 2 rings (SSSR count). The van der Waals surface area contributed by atoms with Crippen molar-refractivity contribution in [3.63, 3.8) is 0 Å². The van der Waals surface area contributed by atoms with Crippen molar-refractivity contribution in [1.82, 2.24) is 4.31 Å². The molecule has 0 radical (unpaired) electrons. The van der Waals surface area contributed by atoms with Gasteiger partial charge in [-0.15, -0.1) is 0 Å². The maximum atomic E-state index is 12.8. The van der Waals surface area contributed by atoms with Crippen LogP contribution in [-0.2, 0) is 20.1 Å². The Morgan fingerprint density at radius 3 is 1.92 bits per heavy atom. The third kappa shape index (κ3) is 5.11. The molecule has 0 fully saturated rings. The fraction of sp³-hybridized carbons (Fsp3) is 0.188. The lowest BCUT2D eigenvalue weighted by molar-refractivity contribution is 0.0797. The van der Waals surface area contributed by atoms with E-state index in [-0.39, 0.29) is 10.5 Å². The first-order chi connectivity index (χ1) is 12.1. The van der Waals surface area contributed by atoms with E-state index in [1.165, 1.54) is 48.5 Å². The number of aliphatic hydroxyl groups excluding tert-OH is 1. The molecule has 0 heterocycles. The SMILES string of the molecule is O=C(c1ccccc1)N(CC(O)CS(=O)(=O)O)S(=O)(=O)c1ccccc1. The first kappa shape index (κ1) is 20.0. The highest BCUT2D eigenvalue weighted by Crippen LogP contribution is 2.19. The highest BCUT2D eigenvalue weighted by atomic mass is 32.2. The van der Waals surface area contributed by atoms with Crippen molar-refractivity contribution in [2.45, 2.75) is 11.0 Å². The van der Waals surface area contributed by atoms with Gasteiger partial charge in [-0.1, -0.05) is 36.4 Å².